The number of carboxylic acid groups (broad SMARTS) is 1. The number of ether oxygens (including phenoxy) is 2. The number of nitriles is 1. The Morgan fingerprint density at radius 3 is 2.35 bits per heavy atom. The first kappa shape index (κ1) is 24.6. The molecule has 3 rings (SSSR count). The molecule has 0 saturated carbocycles. The summed E-state index contributed by atoms with van der Waals surface area (Å²) in [6, 6.07) is 17.0. The van der Waals surface area contributed by atoms with E-state index >= 15 is 0 Å². The molecule has 0 bridgehead atoms. The molecule has 0 saturated heterocycles. The number of nitrogens with one attached hydrogen (secondary N) is 1. The zero-order valence-corrected chi connectivity index (χ0v) is 19.7. The summed E-state index contributed by atoms with van der Waals surface area (Å²) in [5, 5.41) is 22.0. The fraction of sp³-hybridized carbons (Fsp3) is 0.296. The lowest BCUT2D eigenvalue weighted by Crippen LogP contribution is -2.33. The van der Waals surface area contributed by atoms with Gasteiger partial charge in [0.1, 0.15) is 18.5 Å². The zero-order valence-electron chi connectivity index (χ0n) is 19.7. The van der Waals surface area contributed by atoms with Gasteiger partial charge in [0.05, 0.1) is 29.6 Å². The predicted molar refractivity (Wildman–Crippen MR) is 127 cm³/mol. The average molecular weight is 461 g/mol. The fourth-order valence-corrected chi connectivity index (χ4v) is 3.97. The van der Waals surface area contributed by atoms with Crippen molar-refractivity contribution in [3.63, 3.8) is 0 Å². The molecule has 1 aliphatic rings. The van der Waals surface area contributed by atoms with E-state index in [1.165, 1.54) is 0 Å². The van der Waals surface area contributed by atoms with Crippen LogP contribution in [0.25, 0.3) is 0 Å². The van der Waals surface area contributed by atoms with Crippen molar-refractivity contribution >= 4 is 11.9 Å². The Labute approximate surface area is 199 Å². The molecular weight excluding hydrogens is 432 g/mol. The van der Waals surface area contributed by atoms with Crippen LogP contribution in [0.2, 0.25) is 0 Å². The van der Waals surface area contributed by atoms with Gasteiger partial charge in [-0.3, -0.25) is 0 Å². The van der Waals surface area contributed by atoms with E-state index in [2.05, 4.69) is 5.32 Å². The molecule has 2 atom stereocenters. The number of dihydropyridines is 1. The number of hydrogen-bond acceptors (Lipinski definition) is 6. The van der Waals surface area contributed by atoms with Crippen LogP contribution in [0.1, 0.15) is 49.8 Å². The Morgan fingerprint density at radius 1 is 1.06 bits per heavy atom. The van der Waals surface area contributed by atoms with Crippen LogP contribution < -0.4 is 10.1 Å². The molecule has 0 amide bonds. The number of nitrogens with zero attached hydrogens (tertiary/aromatic N) is 1. The van der Waals surface area contributed by atoms with Crippen molar-refractivity contribution < 1.29 is 24.2 Å². The number of rotatable bonds is 8. The number of aryl methyl sites for hydroxylation is 1. The summed E-state index contributed by atoms with van der Waals surface area (Å²) in [4.78, 5) is 25.5. The summed E-state index contributed by atoms with van der Waals surface area (Å²) in [5.74, 6) is -2.25. The molecule has 176 valence electrons. The lowest BCUT2D eigenvalue weighted by molar-refractivity contribution is -0.143. The first-order valence-electron chi connectivity index (χ1n) is 11.0. The van der Waals surface area contributed by atoms with Gasteiger partial charge in [-0.2, -0.15) is 5.26 Å². The maximum Gasteiger partial charge on any atom is 0.337 e. The molecule has 2 N–H and O–H groups in total. The van der Waals surface area contributed by atoms with Gasteiger partial charge >= 0.3 is 11.9 Å². The highest BCUT2D eigenvalue weighted by molar-refractivity contribution is 5.99. The molecule has 2 aromatic carbocycles. The first-order chi connectivity index (χ1) is 16.2. The molecule has 0 spiro atoms. The van der Waals surface area contributed by atoms with Gasteiger partial charge < -0.3 is 19.9 Å². The number of para-hydroxylation sites is 1. The lowest BCUT2D eigenvalue weighted by Gasteiger charge is -2.31. The van der Waals surface area contributed by atoms with E-state index in [4.69, 9.17) is 14.7 Å². The third-order valence-corrected chi connectivity index (χ3v) is 5.64. The van der Waals surface area contributed by atoms with Crippen LogP contribution in [0, 0.1) is 18.3 Å². The van der Waals surface area contributed by atoms with E-state index in [9.17, 15) is 14.7 Å². The minimum absolute atomic E-state index is 0.0348. The molecule has 0 aliphatic carbocycles. The summed E-state index contributed by atoms with van der Waals surface area (Å²) >= 11 is 0. The number of allylic oxidation sites excluding steroid dienone is 2. The average Bonchev–Trinajstić information content (AvgIpc) is 2.78. The maximum atomic E-state index is 13.2. The van der Waals surface area contributed by atoms with Gasteiger partial charge in [0.2, 0.25) is 0 Å². The summed E-state index contributed by atoms with van der Waals surface area (Å²) in [7, 11) is 0. The Balaban J connectivity index is 2.04. The van der Waals surface area contributed by atoms with Crippen LogP contribution in [0.5, 0.6) is 5.75 Å². The molecule has 1 heterocycles. The van der Waals surface area contributed by atoms with Crippen LogP contribution in [0.15, 0.2) is 71.1 Å². The third kappa shape index (κ3) is 5.46. The largest absolute Gasteiger partial charge is 0.489 e. The highest BCUT2D eigenvalue weighted by Gasteiger charge is 2.39. The van der Waals surface area contributed by atoms with E-state index in [0.29, 0.717) is 22.7 Å². The van der Waals surface area contributed by atoms with Crippen molar-refractivity contribution in [3.8, 4) is 11.8 Å². The summed E-state index contributed by atoms with van der Waals surface area (Å²) < 4.78 is 11.6. The second-order valence-corrected chi connectivity index (χ2v) is 8.33. The van der Waals surface area contributed by atoms with Gasteiger partial charge in [-0.05, 0) is 39.3 Å². The number of aliphatic carboxylic acids is 1. The van der Waals surface area contributed by atoms with Crippen molar-refractivity contribution in [3.05, 3.63) is 87.8 Å². The van der Waals surface area contributed by atoms with Gasteiger partial charge in [-0.1, -0.05) is 48.0 Å². The van der Waals surface area contributed by atoms with E-state index in [0.717, 1.165) is 11.1 Å². The van der Waals surface area contributed by atoms with Crippen molar-refractivity contribution in [2.45, 2.75) is 52.7 Å². The number of carbonyl (C=O) groups excluding carboxylic acids is 1. The zero-order chi connectivity index (χ0) is 24.8. The maximum absolute atomic E-state index is 13.2. The van der Waals surface area contributed by atoms with E-state index in [-0.39, 0.29) is 24.2 Å². The van der Waals surface area contributed by atoms with Crippen molar-refractivity contribution in [1.29, 1.82) is 5.26 Å². The number of hydrogen-bond donors (Lipinski definition) is 2. The molecule has 0 aromatic heterocycles. The van der Waals surface area contributed by atoms with Gasteiger partial charge in [-0.15, -0.1) is 0 Å². The first-order valence-corrected chi connectivity index (χ1v) is 11.0. The molecular formula is C27H28N2O5. The van der Waals surface area contributed by atoms with Crippen LogP contribution >= 0.6 is 0 Å². The molecule has 7 nitrogen and oxygen atoms in total. The van der Waals surface area contributed by atoms with Crippen LogP contribution in [0.3, 0.4) is 0 Å². The summed E-state index contributed by atoms with van der Waals surface area (Å²) in [6.45, 7) is 7.29. The highest BCUT2D eigenvalue weighted by Crippen LogP contribution is 2.42. The lowest BCUT2D eigenvalue weighted by atomic mass is 9.80. The third-order valence-electron chi connectivity index (χ3n) is 5.64. The summed E-state index contributed by atoms with van der Waals surface area (Å²) in [5.41, 5.74) is 3.80. The Kier molecular flexibility index (Phi) is 7.75. The van der Waals surface area contributed by atoms with Gasteiger partial charge in [-0.25, -0.2) is 9.59 Å². The number of carboxylic acids is 1. The molecule has 34 heavy (non-hydrogen) atoms. The number of benzene rings is 2. The normalized spacial score (nSPS) is 16.4. The highest BCUT2D eigenvalue weighted by atomic mass is 16.5. The molecule has 0 radical (unpaired) electrons. The van der Waals surface area contributed by atoms with Gasteiger partial charge in [0.25, 0.3) is 0 Å². The van der Waals surface area contributed by atoms with Crippen molar-refractivity contribution in [2.75, 3.05) is 0 Å². The molecule has 1 aliphatic heterocycles. The van der Waals surface area contributed by atoms with Crippen LogP contribution in [-0.4, -0.2) is 23.1 Å². The second kappa shape index (κ2) is 10.7. The fourth-order valence-electron chi connectivity index (χ4n) is 3.97. The van der Waals surface area contributed by atoms with E-state index in [1.807, 2.05) is 37.3 Å². The topological polar surface area (TPSA) is 109 Å². The van der Waals surface area contributed by atoms with Gasteiger partial charge in [0, 0.05) is 17.0 Å². The SMILES string of the molecule is CC1=C(C(=O)O)C(c2ccccc2OCc2ccc(C)cc2)C(C(=O)OC(C)CC#N)=C(C)N1. The number of carbonyl (C=O) groups is 2. The summed E-state index contributed by atoms with van der Waals surface area (Å²) in [6.07, 6.45) is -0.598. The molecule has 0 fully saturated rings. The molecule has 7 heteroatoms. The number of esters is 1. The quantitative estimate of drug-likeness (QED) is 0.548. The Bertz CT molecular complexity index is 1190. The van der Waals surface area contributed by atoms with Crippen LogP contribution in [0.4, 0.5) is 0 Å². The Morgan fingerprint density at radius 2 is 1.71 bits per heavy atom. The second-order valence-electron chi connectivity index (χ2n) is 8.33. The standard InChI is InChI=1S/C27H28N2O5/c1-16-9-11-20(12-10-16)15-33-22-8-6-5-7-21(22)25-23(26(30)31)18(3)29-19(4)24(25)27(32)34-17(2)13-14-28/h5-12,17,25,29H,13,15H2,1-4H3,(H,30,31). The van der Waals surface area contributed by atoms with Crippen molar-refractivity contribution in [2.24, 2.45) is 0 Å². The van der Waals surface area contributed by atoms with E-state index < -0.39 is 24.0 Å². The Hall–Kier alpha value is -4.05. The molecule has 2 unspecified atom stereocenters. The van der Waals surface area contributed by atoms with E-state index in [1.54, 1.807) is 45.0 Å². The van der Waals surface area contributed by atoms with Gasteiger partial charge in [0.15, 0.2) is 0 Å². The minimum atomic E-state index is -1.15. The minimum Gasteiger partial charge on any atom is -0.489 e. The van der Waals surface area contributed by atoms with Crippen molar-refractivity contribution in [1.82, 2.24) is 5.32 Å². The van der Waals surface area contributed by atoms with Crippen LogP contribution in [-0.2, 0) is 20.9 Å². The molecule has 2 aromatic rings. The smallest absolute Gasteiger partial charge is 0.337 e. The predicted octanol–water partition coefficient (Wildman–Crippen LogP) is 4.74. The monoisotopic (exact) mass is 460 g/mol.